The van der Waals surface area contributed by atoms with Gasteiger partial charge in [-0.2, -0.15) is 5.26 Å². The minimum absolute atomic E-state index is 0.0562. The Bertz CT molecular complexity index is 1650. The molecule has 3 aliphatic rings. The summed E-state index contributed by atoms with van der Waals surface area (Å²) in [4.78, 5) is 20.7. The third-order valence-corrected chi connectivity index (χ3v) is 9.07. The van der Waals surface area contributed by atoms with E-state index in [0.717, 1.165) is 59.5 Å². The number of nitrogens with zero attached hydrogens (tertiary/aromatic N) is 5. The van der Waals surface area contributed by atoms with E-state index >= 15 is 0 Å². The average Bonchev–Trinajstić information content (AvgIpc) is 3.59. The SMILES string of the molecule is CNC[C@]12CCC1N(C(=O)c1cc(OC)c3c(c1)nc(-c1cc4cc(C#N)ccc4n1CC1CC1)n3C)C2. The Morgan fingerprint density at radius 1 is 1.24 bits per heavy atom. The molecule has 194 valence electrons. The number of piperidine rings is 1. The molecule has 8 nitrogen and oxygen atoms in total. The van der Waals surface area contributed by atoms with Crippen LogP contribution in [0.15, 0.2) is 36.4 Å². The normalized spacial score (nSPS) is 22.2. The summed E-state index contributed by atoms with van der Waals surface area (Å²) in [7, 11) is 5.64. The highest BCUT2D eigenvalue weighted by molar-refractivity contribution is 6.01. The third-order valence-electron chi connectivity index (χ3n) is 9.07. The molecule has 7 rings (SSSR count). The number of hydrogen-bond donors (Lipinski definition) is 1. The summed E-state index contributed by atoms with van der Waals surface area (Å²) in [5.41, 5.74) is 5.28. The van der Waals surface area contributed by atoms with Crippen LogP contribution in [-0.2, 0) is 13.6 Å². The standard InChI is InChI=1S/C30H32N6O2/c1-32-16-30-9-8-26(30)36(17-30)29(37)21-11-22-27(25(13-21)38-3)34(2)28(33-22)24-12-20-10-19(14-31)6-7-23(20)35(24)15-18-4-5-18/h6-7,10-13,18,26,32H,4-5,8-9,15-17H2,1-3H3/t26?,30-/m0/s1. The molecule has 38 heavy (non-hydrogen) atoms. The molecule has 2 aromatic carbocycles. The quantitative estimate of drug-likeness (QED) is 0.402. The van der Waals surface area contributed by atoms with Gasteiger partial charge < -0.3 is 24.1 Å². The molecule has 1 N–H and O–H groups in total. The van der Waals surface area contributed by atoms with E-state index in [1.807, 2.05) is 49.3 Å². The predicted molar refractivity (Wildman–Crippen MR) is 146 cm³/mol. The molecule has 3 fully saturated rings. The van der Waals surface area contributed by atoms with Crippen molar-refractivity contribution in [1.82, 2.24) is 24.3 Å². The fourth-order valence-corrected chi connectivity index (χ4v) is 6.78. The lowest BCUT2D eigenvalue weighted by molar-refractivity contribution is -0.121. The van der Waals surface area contributed by atoms with Gasteiger partial charge in [0.1, 0.15) is 11.3 Å². The Morgan fingerprint density at radius 3 is 2.74 bits per heavy atom. The number of hydrogen-bond acceptors (Lipinski definition) is 5. The van der Waals surface area contributed by atoms with Crippen molar-refractivity contribution in [1.29, 1.82) is 5.26 Å². The Kier molecular flexibility index (Phi) is 5.11. The molecule has 4 aromatic rings. The van der Waals surface area contributed by atoms with Crippen LogP contribution in [0.25, 0.3) is 33.5 Å². The van der Waals surface area contributed by atoms with Gasteiger partial charge in [-0.3, -0.25) is 4.79 Å². The number of fused-ring (bicyclic) bond motifs is 3. The van der Waals surface area contributed by atoms with Crippen molar-refractivity contribution in [3.63, 3.8) is 0 Å². The number of amides is 1. The van der Waals surface area contributed by atoms with E-state index in [-0.39, 0.29) is 11.3 Å². The van der Waals surface area contributed by atoms with Gasteiger partial charge in [0.05, 0.1) is 30.0 Å². The predicted octanol–water partition coefficient (Wildman–Crippen LogP) is 4.31. The second kappa shape index (κ2) is 8.34. The van der Waals surface area contributed by atoms with Crippen LogP contribution in [0.3, 0.4) is 0 Å². The molecule has 1 amide bonds. The molecule has 0 radical (unpaired) electrons. The van der Waals surface area contributed by atoms with Crippen molar-refractivity contribution in [2.75, 3.05) is 27.2 Å². The van der Waals surface area contributed by atoms with Crippen LogP contribution in [0.2, 0.25) is 0 Å². The van der Waals surface area contributed by atoms with E-state index in [1.165, 1.54) is 19.3 Å². The maximum atomic E-state index is 13.6. The fraction of sp³-hybridized carbons (Fsp3) is 0.433. The summed E-state index contributed by atoms with van der Waals surface area (Å²) in [5.74, 6) is 2.21. The van der Waals surface area contributed by atoms with E-state index in [1.54, 1.807) is 7.11 Å². The first-order valence-electron chi connectivity index (χ1n) is 13.5. The van der Waals surface area contributed by atoms with E-state index in [2.05, 4.69) is 26.6 Å². The van der Waals surface area contributed by atoms with Crippen molar-refractivity contribution in [2.24, 2.45) is 18.4 Å². The second-order valence-corrected chi connectivity index (χ2v) is 11.4. The first-order chi connectivity index (χ1) is 18.5. The summed E-state index contributed by atoms with van der Waals surface area (Å²) in [5, 5.41) is 13.8. The molecule has 1 unspecified atom stereocenters. The van der Waals surface area contributed by atoms with Crippen LogP contribution < -0.4 is 10.1 Å². The summed E-state index contributed by atoms with van der Waals surface area (Å²) in [6, 6.07) is 14.4. The van der Waals surface area contributed by atoms with Gasteiger partial charge in [-0.25, -0.2) is 4.98 Å². The Hall–Kier alpha value is -3.83. The number of aryl methyl sites for hydroxylation is 1. The van der Waals surface area contributed by atoms with Gasteiger partial charge in [0, 0.05) is 54.6 Å². The highest BCUT2D eigenvalue weighted by atomic mass is 16.5. The number of methoxy groups -OCH3 is 1. The lowest BCUT2D eigenvalue weighted by atomic mass is 9.57. The number of ether oxygens (including phenoxy) is 1. The van der Waals surface area contributed by atoms with Gasteiger partial charge in [-0.15, -0.1) is 0 Å². The summed E-state index contributed by atoms with van der Waals surface area (Å²) < 4.78 is 10.2. The number of likely N-dealkylation sites (tertiary alicyclic amines) is 1. The van der Waals surface area contributed by atoms with Crippen LogP contribution in [0.5, 0.6) is 5.75 Å². The molecule has 0 spiro atoms. The minimum Gasteiger partial charge on any atom is -0.494 e. The van der Waals surface area contributed by atoms with Crippen molar-refractivity contribution < 1.29 is 9.53 Å². The van der Waals surface area contributed by atoms with Crippen LogP contribution in [0.1, 0.15) is 41.6 Å². The van der Waals surface area contributed by atoms with Crippen LogP contribution >= 0.6 is 0 Å². The largest absolute Gasteiger partial charge is 0.494 e. The molecule has 2 saturated carbocycles. The van der Waals surface area contributed by atoms with Gasteiger partial charge in [-0.05, 0) is 75.0 Å². The average molecular weight is 509 g/mol. The number of nitriles is 1. The van der Waals surface area contributed by atoms with E-state index in [4.69, 9.17) is 9.72 Å². The Morgan fingerprint density at radius 2 is 2.08 bits per heavy atom. The summed E-state index contributed by atoms with van der Waals surface area (Å²) in [6.07, 6.45) is 4.73. The van der Waals surface area contributed by atoms with Crippen LogP contribution in [0, 0.1) is 22.7 Å². The third kappa shape index (κ3) is 3.31. The van der Waals surface area contributed by atoms with Gasteiger partial charge in [-0.1, -0.05) is 0 Å². The van der Waals surface area contributed by atoms with Crippen LogP contribution in [0.4, 0.5) is 0 Å². The van der Waals surface area contributed by atoms with Gasteiger partial charge in [0.25, 0.3) is 5.91 Å². The lowest BCUT2D eigenvalue weighted by Crippen LogP contribution is -2.74. The number of rotatable bonds is 7. The smallest absolute Gasteiger partial charge is 0.254 e. The van der Waals surface area contributed by atoms with E-state index < -0.39 is 0 Å². The zero-order valence-corrected chi connectivity index (χ0v) is 22.1. The molecule has 1 saturated heterocycles. The number of nitrogens with one attached hydrogen (secondary N) is 1. The summed E-state index contributed by atoms with van der Waals surface area (Å²) in [6.45, 7) is 2.69. The van der Waals surface area contributed by atoms with Gasteiger partial charge >= 0.3 is 0 Å². The maximum absolute atomic E-state index is 13.6. The highest BCUT2D eigenvalue weighted by Gasteiger charge is 2.59. The number of carbonyl (C=O) groups excluding carboxylic acids is 1. The minimum atomic E-state index is 0.0562. The Labute approximate surface area is 221 Å². The number of benzene rings is 2. The van der Waals surface area contributed by atoms with Gasteiger partial charge in [0.15, 0.2) is 5.82 Å². The number of imidazole rings is 1. The lowest BCUT2D eigenvalue weighted by Gasteiger charge is -2.65. The molecular weight excluding hydrogens is 476 g/mol. The molecule has 3 heterocycles. The van der Waals surface area contributed by atoms with Crippen molar-refractivity contribution >= 4 is 27.8 Å². The molecule has 0 bridgehead atoms. The number of aromatic nitrogens is 3. The zero-order valence-electron chi connectivity index (χ0n) is 22.1. The first-order valence-corrected chi connectivity index (χ1v) is 13.5. The summed E-state index contributed by atoms with van der Waals surface area (Å²) >= 11 is 0. The molecule has 8 heteroatoms. The number of carbonyl (C=O) groups is 1. The van der Waals surface area contributed by atoms with Crippen molar-refractivity contribution in [2.45, 2.75) is 38.3 Å². The molecular formula is C30H32N6O2. The highest BCUT2D eigenvalue weighted by Crippen LogP contribution is 2.53. The topological polar surface area (TPSA) is 88.1 Å². The van der Waals surface area contributed by atoms with Crippen molar-refractivity contribution in [3.05, 3.63) is 47.5 Å². The van der Waals surface area contributed by atoms with Crippen molar-refractivity contribution in [3.8, 4) is 23.3 Å². The zero-order chi connectivity index (χ0) is 26.2. The molecule has 1 aliphatic heterocycles. The second-order valence-electron chi connectivity index (χ2n) is 11.4. The molecule has 2 aromatic heterocycles. The fourth-order valence-electron chi connectivity index (χ4n) is 6.78. The Balaban J connectivity index is 1.31. The molecule has 2 aliphatic carbocycles. The van der Waals surface area contributed by atoms with Crippen LogP contribution in [-0.4, -0.2) is 58.2 Å². The van der Waals surface area contributed by atoms with E-state index in [0.29, 0.717) is 28.8 Å². The maximum Gasteiger partial charge on any atom is 0.254 e. The molecule has 2 atom stereocenters. The first kappa shape index (κ1) is 23.3. The monoisotopic (exact) mass is 508 g/mol. The van der Waals surface area contributed by atoms with E-state index in [9.17, 15) is 10.1 Å². The van der Waals surface area contributed by atoms with Gasteiger partial charge in [0.2, 0.25) is 0 Å².